The largest absolute Gasteiger partial charge is 0.326 e. The van der Waals surface area contributed by atoms with Crippen molar-refractivity contribution >= 4 is 33.2 Å². The van der Waals surface area contributed by atoms with E-state index >= 15 is 0 Å². The summed E-state index contributed by atoms with van der Waals surface area (Å²) in [5.41, 5.74) is 5.89. The number of hydrogen-bond donors (Lipinski definition) is 1. The van der Waals surface area contributed by atoms with Crippen molar-refractivity contribution < 1.29 is 12.8 Å². The van der Waals surface area contributed by atoms with Gasteiger partial charge in [-0.1, -0.05) is 29.6 Å². The molecule has 4 nitrogen and oxygen atoms in total. The van der Waals surface area contributed by atoms with Gasteiger partial charge < -0.3 is 5.73 Å². The maximum atomic E-state index is 13.8. The van der Waals surface area contributed by atoms with Crippen LogP contribution in [0.15, 0.2) is 17.0 Å². The summed E-state index contributed by atoms with van der Waals surface area (Å²) in [6.45, 7) is 2.12. The molecule has 0 saturated carbocycles. The summed E-state index contributed by atoms with van der Waals surface area (Å²) in [7, 11) is -3.90. The second-order valence-corrected chi connectivity index (χ2v) is 7.86. The third-order valence-electron chi connectivity index (χ3n) is 3.69. The molecule has 2 rings (SSSR count). The van der Waals surface area contributed by atoms with Crippen LogP contribution < -0.4 is 5.73 Å². The Morgan fingerprint density at radius 2 is 2.05 bits per heavy atom. The van der Waals surface area contributed by atoms with E-state index in [-0.39, 0.29) is 22.0 Å². The van der Waals surface area contributed by atoms with Crippen molar-refractivity contribution in [3.63, 3.8) is 0 Å². The zero-order valence-corrected chi connectivity index (χ0v) is 13.8. The molecule has 1 aliphatic rings. The third kappa shape index (κ3) is 3.19. The monoisotopic (exact) mass is 354 g/mol. The number of benzene rings is 1. The number of sulfonamides is 1. The van der Waals surface area contributed by atoms with Gasteiger partial charge in [-0.25, -0.2) is 12.8 Å². The van der Waals surface area contributed by atoms with Gasteiger partial charge in [0, 0.05) is 18.6 Å². The van der Waals surface area contributed by atoms with Crippen LogP contribution in [0.5, 0.6) is 0 Å². The number of nitrogens with two attached hydrogens (primary N) is 1. The van der Waals surface area contributed by atoms with E-state index in [9.17, 15) is 12.8 Å². The van der Waals surface area contributed by atoms with Crippen molar-refractivity contribution in [1.29, 1.82) is 0 Å². The Morgan fingerprint density at radius 1 is 1.38 bits per heavy atom. The van der Waals surface area contributed by atoms with Crippen LogP contribution in [-0.4, -0.2) is 31.4 Å². The molecule has 1 aromatic rings. The lowest BCUT2D eigenvalue weighted by molar-refractivity contribution is 0.227. The molecule has 0 amide bonds. The highest BCUT2D eigenvalue weighted by molar-refractivity contribution is 7.89. The average molecular weight is 355 g/mol. The first kappa shape index (κ1) is 17.0. The lowest BCUT2D eigenvalue weighted by Crippen LogP contribution is -2.51. The zero-order chi connectivity index (χ0) is 15.8. The Kier molecular flexibility index (Phi) is 5.15. The van der Waals surface area contributed by atoms with Crippen LogP contribution in [-0.2, 0) is 10.0 Å². The van der Waals surface area contributed by atoms with E-state index in [2.05, 4.69) is 0 Å². The van der Waals surface area contributed by atoms with Gasteiger partial charge >= 0.3 is 0 Å². The van der Waals surface area contributed by atoms with Crippen molar-refractivity contribution in [2.45, 2.75) is 43.2 Å². The Labute approximate surface area is 134 Å². The first-order valence-corrected chi connectivity index (χ1v) is 8.87. The minimum atomic E-state index is -3.90. The van der Waals surface area contributed by atoms with Crippen LogP contribution in [0, 0.1) is 5.82 Å². The van der Waals surface area contributed by atoms with Gasteiger partial charge in [-0.2, -0.15) is 4.31 Å². The maximum Gasteiger partial charge on any atom is 0.244 e. The molecule has 0 aromatic heterocycles. The molecule has 0 bridgehead atoms. The van der Waals surface area contributed by atoms with E-state index < -0.39 is 20.9 Å². The van der Waals surface area contributed by atoms with Gasteiger partial charge in [0.15, 0.2) is 5.82 Å². The lowest BCUT2D eigenvalue weighted by atomic mass is 10.00. The van der Waals surface area contributed by atoms with E-state index in [0.29, 0.717) is 13.0 Å². The summed E-state index contributed by atoms with van der Waals surface area (Å²) in [5, 5.41) is -0.683. The first-order chi connectivity index (χ1) is 9.76. The Morgan fingerprint density at radius 3 is 2.67 bits per heavy atom. The number of nitrogens with zero attached hydrogens (tertiary/aromatic N) is 1. The highest BCUT2D eigenvalue weighted by Crippen LogP contribution is 2.34. The molecule has 0 spiro atoms. The van der Waals surface area contributed by atoms with Gasteiger partial charge in [0.2, 0.25) is 10.0 Å². The van der Waals surface area contributed by atoms with Gasteiger partial charge in [-0.05, 0) is 31.9 Å². The van der Waals surface area contributed by atoms with Gasteiger partial charge in [0.1, 0.15) is 4.90 Å². The standard InChI is InChI=1S/C13H17Cl2FN2O2S/c1-8(17)10-4-2-3-7-18(10)21(19,20)11-6-5-9(14)13(16)12(11)15/h5-6,8,10H,2-4,7,17H2,1H3. The summed E-state index contributed by atoms with van der Waals surface area (Å²) in [4.78, 5) is -0.265. The molecule has 1 fully saturated rings. The summed E-state index contributed by atoms with van der Waals surface area (Å²) in [6, 6.07) is 1.81. The fraction of sp³-hybridized carbons (Fsp3) is 0.538. The van der Waals surface area contributed by atoms with Crippen LogP contribution in [0.4, 0.5) is 4.39 Å². The molecule has 8 heteroatoms. The van der Waals surface area contributed by atoms with Crippen molar-refractivity contribution in [3.8, 4) is 0 Å². The first-order valence-electron chi connectivity index (χ1n) is 6.67. The van der Waals surface area contributed by atoms with Crippen molar-refractivity contribution in [2.75, 3.05) is 6.54 Å². The highest BCUT2D eigenvalue weighted by atomic mass is 35.5. The molecule has 2 unspecified atom stereocenters. The van der Waals surface area contributed by atoms with Gasteiger partial charge in [0.25, 0.3) is 0 Å². The molecule has 2 N–H and O–H groups in total. The molecule has 1 aliphatic heterocycles. The fourth-order valence-electron chi connectivity index (χ4n) is 2.59. The van der Waals surface area contributed by atoms with Crippen molar-refractivity contribution in [3.05, 3.63) is 28.0 Å². The molecule has 21 heavy (non-hydrogen) atoms. The van der Waals surface area contributed by atoms with E-state index in [1.165, 1.54) is 16.4 Å². The van der Waals surface area contributed by atoms with Crippen molar-refractivity contribution in [2.24, 2.45) is 5.73 Å². The second kappa shape index (κ2) is 6.38. The van der Waals surface area contributed by atoms with Crippen LogP contribution in [0.3, 0.4) is 0 Å². The van der Waals surface area contributed by atoms with Gasteiger partial charge in [0.05, 0.1) is 10.0 Å². The predicted molar refractivity (Wildman–Crippen MR) is 81.6 cm³/mol. The summed E-state index contributed by atoms with van der Waals surface area (Å²) in [5.74, 6) is -0.922. The molecule has 2 atom stereocenters. The normalized spacial score (nSPS) is 22.2. The molecule has 1 heterocycles. The van der Waals surface area contributed by atoms with Crippen LogP contribution in [0.1, 0.15) is 26.2 Å². The summed E-state index contributed by atoms with van der Waals surface area (Å²) < 4.78 is 40.6. The Hall–Kier alpha value is -0.400. The average Bonchev–Trinajstić information content (AvgIpc) is 2.44. The number of piperidine rings is 1. The smallest absolute Gasteiger partial charge is 0.244 e. The molecular formula is C13H17Cl2FN2O2S. The number of halogens is 3. The minimum Gasteiger partial charge on any atom is -0.326 e. The molecule has 1 saturated heterocycles. The predicted octanol–water partition coefficient (Wildman–Crippen LogP) is 3.02. The quantitative estimate of drug-likeness (QED) is 0.848. The van der Waals surface area contributed by atoms with Crippen LogP contribution >= 0.6 is 23.2 Å². The van der Waals surface area contributed by atoms with Crippen LogP contribution in [0.2, 0.25) is 10.0 Å². The lowest BCUT2D eigenvalue weighted by Gasteiger charge is -2.37. The minimum absolute atomic E-state index is 0.207. The third-order valence-corrected chi connectivity index (χ3v) is 6.43. The van der Waals surface area contributed by atoms with E-state index in [0.717, 1.165) is 12.8 Å². The molecule has 0 radical (unpaired) electrons. The molecule has 1 aromatic carbocycles. The fourth-order valence-corrected chi connectivity index (χ4v) is 5.08. The summed E-state index contributed by atoms with van der Waals surface area (Å²) >= 11 is 11.4. The van der Waals surface area contributed by atoms with Gasteiger partial charge in [-0.15, -0.1) is 0 Å². The zero-order valence-electron chi connectivity index (χ0n) is 11.5. The highest BCUT2D eigenvalue weighted by Gasteiger charge is 2.37. The van der Waals surface area contributed by atoms with Crippen LogP contribution in [0.25, 0.3) is 0 Å². The Bertz CT molecular complexity index is 637. The summed E-state index contributed by atoms with van der Waals surface area (Å²) in [6.07, 6.45) is 2.35. The molecular weight excluding hydrogens is 338 g/mol. The van der Waals surface area contributed by atoms with E-state index in [1.54, 1.807) is 6.92 Å². The second-order valence-electron chi connectivity index (χ2n) is 5.21. The van der Waals surface area contributed by atoms with E-state index in [1.807, 2.05) is 0 Å². The Balaban J connectivity index is 2.48. The van der Waals surface area contributed by atoms with Crippen molar-refractivity contribution in [1.82, 2.24) is 4.31 Å². The molecule has 118 valence electrons. The topological polar surface area (TPSA) is 63.4 Å². The molecule has 0 aliphatic carbocycles. The van der Waals surface area contributed by atoms with E-state index in [4.69, 9.17) is 28.9 Å². The van der Waals surface area contributed by atoms with Gasteiger partial charge in [-0.3, -0.25) is 0 Å². The number of rotatable bonds is 3. The number of hydrogen-bond acceptors (Lipinski definition) is 3. The maximum absolute atomic E-state index is 13.8. The SMILES string of the molecule is CC(N)C1CCCCN1S(=O)(=O)c1ccc(Cl)c(F)c1Cl.